The standard InChI is InChI=1S/C11H7Cl2N3O3/c12-5-1-6(13)3-7(2-5)16-9(10(14)17)8(4-15-16)11(18)19/h1-4H,(H2,14,17)(H,18,19). The Labute approximate surface area is 117 Å². The summed E-state index contributed by atoms with van der Waals surface area (Å²) in [4.78, 5) is 22.4. The van der Waals surface area contributed by atoms with Crippen LogP contribution >= 0.6 is 23.2 Å². The maximum Gasteiger partial charge on any atom is 0.339 e. The van der Waals surface area contributed by atoms with Crippen LogP contribution in [-0.4, -0.2) is 26.8 Å². The highest BCUT2D eigenvalue weighted by atomic mass is 35.5. The van der Waals surface area contributed by atoms with Gasteiger partial charge in [-0.25, -0.2) is 9.48 Å². The van der Waals surface area contributed by atoms with Gasteiger partial charge in [0.2, 0.25) is 0 Å². The first kappa shape index (κ1) is 13.4. The largest absolute Gasteiger partial charge is 0.478 e. The van der Waals surface area contributed by atoms with E-state index < -0.39 is 11.9 Å². The number of nitrogens with zero attached hydrogens (tertiary/aromatic N) is 2. The lowest BCUT2D eigenvalue weighted by Crippen LogP contribution is -2.20. The van der Waals surface area contributed by atoms with Gasteiger partial charge in [0.25, 0.3) is 5.91 Å². The Morgan fingerprint density at radius 1 is 1.21 bits per heavy atom. The van der Waals surface area contributed by atoms with E-state index in [1.807, 2.05) is 0 Å². The van der Waals surface area contributed by atoms with Crippen molar-refractivity contribution in [1.82, 2.24) is 9.78 Å². The lowest BCUT2D eigenvalue weighted by atomic mass is 10.2. The van der Waals surface area contributed by atoms with Crippen molar-refractivity contribution in [2.75, 3.05) is 0 Å². The van der Waals surface area contributed by atoms with Crippen molar-refractivity contribution >= 4 is 35.1 Å². The average molecular weight is 300 g/mol. The summed E-state index contributed by atoms with van der Waals surface area (Å²) >= 11 is 11.7. The smallest absolute Gasteiger partial charge is 0.339 e. The molecule has 0 unspecified atom stereocenters. The second-order valence-electron chi connectivity index (χ2n) is 3.62. The lowest BCUT2D eigenvalue weighted by molar-refractivity contribution is 0.0692. The van der Waals surface area contributed by atoms with Gasteiger partial charge in [0.05, 0.1) is 11.9 Å². The molecule has 3 N–H and O–H groups in total. The number of aromatic carboxylic acids is 1. The number of primary amides is 1. The van der Waals surface area contributed by atoms with E-state index in [0.717, 1.165) is 10.9 Å². The second-order valence-corrected chi connectivity index (χ2v) is 4.49. The molecule has 1 heterocycles. The summed E-state index contributed by atoms with van der Waals surface area (Å²) in [6.45, 7) is 0. The Morgan fingerprint density at radius 3 is 2.26 bits per heavy atom. The van der Waals surface area contributed by atoms with Gasteiger partial charge in [-0.3, -0.25) is 4.79 Å². The van der Waals surface area contributed by atoms with Crippen LogP contribution in [0.15, 0.2) is 24.4 Å². The van der Waals surface area contributed by atoms with Crippen molar-refractivity contribution in [3.05, 3.63) is 45.7 Å². The van der Waals surface area contributed by atoms with Gasteiger partial charge in [0, 0.05) is 10.0 Å². The third-order valence-corrected chi connectivity index (χ3v) is 2.76. The third-order valence-electron chi connectivity index (χ3n) is 2.32. The van der Waals surface area contributed by atoms with Crippen LogP contribution in [0.5, 0.6) is 0 Å². The van der Waals surface area contributed by atoms with E-state index in [9.17, 15) is 9.59 Å². The number of carbonyl (C=O) groups is 2. The molecule has 0 bridgehead atoms. The molecule has 2 rings (SSSR count). The fourth-order valence-corrected chi connectivity index (χ4v) is 2.11. The van der Waals surface area contributed by atoms with Crippen molar-refractivity contribution in [3.8, 4) is 5.69 Å². The molecule has 0 fully saturated rings. The van der Waals surface area contributed by atoms with Crippen LogP contribution < -0.4 is 5.73 Å². The molecular formula is C11H7Cl2N3O3. The zero-order valence-electron chi connectivity index (χ0n) is 9.30. The highest BCUT2D eigenvalue weighted by Crippen LogP contribution is 2.23. The summed E-state index contributed by atoms with van der Waals surface area (Å²) in [7, 11) is 0. The molecule has 0 atom stereocenters. The first-order chi connectivity index (χ1) is 8.90. The SMILES string of the molecule is NC(=O)c1c(C(=O)O)cnn1-c1cc(Cl)cc(Cl)c1. The van der Waals surface area contributed by atoms with Crippen molar-refractivity contribution < 1.29 is 14.7 Å². The maximum atomic E-state index is 11.4. The van der Waals surface area contributed by atoms with Gasteiger partial charge in [-0.05, 0) is 18.2 Å². The molecule has 1 aromatic carbocycles. The first-order valence-electron chi connectivity index (χ1n) is 4.97. The number of benzene rings is 1. The molecule has 1 aromatic heterocycles. The van der Waals surface area contributed by atoms with E-state index in [1.54, 1.807) is 0 Å². The quantitative estimate of drug-likeness (QED) is 0.905. The van der Waals surface area contributed by atoms with Crippen LogP contribution in [0.4, 0.5) is 0 Å². The summed E-state index contributed by atoms with van der Waals surface area (Å²) in [5, 5.41) is 13.4. The van der Waals surface area contributed by atoms with E-state index in [1.165, 1.54) is 18.2 Å². The van der Waals surface area contributed by atoms with Crippen LogP contribution in [0.3, 0.4) is 0 Å². The van der Waals surface area contributed by atoms with Crippen LogP contribution in [0.25, 0.3) is 5.69 Å². The number of nitrogens with two attached hydrogens (primary N) is 1. The van der Waals surface area contributed by atoms with Crippen molar-refractivity contribution in [3.63, 3.8) is 0 Å². The molecule has 0 radical (unpaired) electrons. The number of hydrogen-bond acceptors (Lipinski definition) is 3. The first-order valence-corrected chi connectivity index (χ1v) is 5.73. The molecule has 2 aromatic rings. The van der Waals surface area contributed by atoms with Gasteiger partial charge in [0.15, 0.2) is 0 Å². The fraction of sp³-hybridized carbons (Fsp3) is 0. The van der Waals surface area contributed by atoms with Gasteiger partial charge in [-0.2, -0.15) is 5.10 Å². The summed E-state index contributed by atoms with van der Waals surface area (Å²) < 4.78 is 1.09. The van der Waals surface area contributed by atoms with Crippen molar-refractivity contribution in [2.45, 2.75) is 0 Å². The van der Waals surface area contributed by atoms with Crippen molar-refractivity contribution in [1.29, 1.82) is 0 Å². The minimum atomic E-state index is -1.30. The number of aromatic nitrogens is 2. The molecule has 0 spiro atoms. The summed E-state index contributed by atoms with van der Waals surface area (Å²) in [6, 6.07) is 4.47. The van der Waals surface area contributed by atoms with E-state index in [0.29, 0.717) is 15.7 Å². The van der Waals surface area contributed by atoms with Gasteiger partial charge >= 0.3 is 5.97 Å². The average Bonchev–Trinajstić information content (AvgIpc) is 2.71. The highest BCUT2D eigenvalue weighted by Gasteiger charge is 2.22. The molecule has 0 aliphatic carbocycles. The second kappa shape index (κ2) is 4.91. The molecule has 0 aliphatic heterocycles. The minimum Gasteiger partial charge on any atom is -0.478 e. The van der Waals surface area contributed by atoms with Crippen molar-refractivity contribution in [2.24, 2.45) is 5.73 Å². The van der Waals surface area contributed by atoms with Crippen LogP contribution in [0.2, 0.25) is 10.0 Å². The Hall–Kier alpha value is -2.05. The molecule has 0 aliphatic rings. The van der Waals surface area contributed by atoms with Crippen LogP contribution in [-0.2, 0) is 0 Å². The summed E-state index contributed by atoms with van der Waals surface area (Å²) in [5.41, 5.74) is 5.00. The monoisotopic (exact) mass is 299 g/mol. The van der Waals surface area contributed by atoms with E-state index in [2.05, 4.69) is 5.10 Å². The predicted molar refractivity (Wildman–Crippen MR) is 69.1 cm³/mol. The van der Waals surface area contributed by atoms with Gasteiger partial charge < -0.3 is 10.8 Å². The molecule has 8 heteroatoms. The molecular weight excluding hydrogens is 293 g/mol. The maximum absolute atomic E-state index is 11.4. The van der Waals surface area contributed by atoms with Crippen LogP contribution in [0.1, 0.15) is 20.8 Å². The van der Waals surface area contributed by atoms with Gasteiger partial charge in [0.1, 0.15) is 11.3 Å². The Morgan fingerprint density at radius 2 is 1.79 bits per heavy atom. The number of halogens is 2. The Bertz CT molecular complexity index is 662. The molecule has 98 valence electrons. The van der Waals surface area contributed by atoms with E-state index in [-0.39, 0.29) is 11.3 Å². The number of carbonyl (C=O) groups excluding carboxylic acids is 1. The Balaban J connectivity index is 2.69. The number of hydrogen-bond donors (Lipinski definition) is 2. The number of rotatable bonds is 3. The van der Waals surface area contributed by atoms with E-state index >= 15 is 0 Å². The molecule has 6 nitrogen and oxygen atoms in total. The zero-order chi connectivity index (χ0) is 14.2. The van der Waals surface area contributed by atoms with Gasteiger partial charge in [-0.15, -0.1) is 0 Å². The molecule has 0 saturated heterocycles. The fourth-order valence-electron chi connectivity index (χ4n) is 1.60. The number of carboxylic acids is 1. The summed E-state index contributed by atoms with van der Waals surface area (Å²) in [6.07, 6.45) is 1.04. The topological polar surface area (TPSA) is 98.2 Å². The lowest BCUT2D eigenvalue weighted by Gasteiger charge is -2.06. The van der Waals surface area contributed by atoms with E-state index in [4.69, 9.17) is 34.0 Å². The predicted octanol–water partition coefficient (Wildman–Crippen LogP) is 1.98. The number of carboxylic acid groups (broad SMARTS) is 1. The third kappa shape index (κ3) is 2.54. The Kier molecular flexibility index (Phi) is 3.46. The van der Waals surface area contributed by atoms with Crippen LogP contribution in [0, 0.1) is 0 Å². The molecule has 0 saturated carbocycles. The molecule has 1 amide bonds. The number of amides is 1. The van der Waals surface area contributed by atoms with Gasteiger partial charge in [-0.1, -0.05) is 23.2 Å². The zero-order valence-corrected chi connectivity index (χ0v) is 10.8. The normalized spacial score (nSPS) is 10.4. The molecule has 19 heavy (non-hydrogen) atoms. The highest BCUT2D eigenvalue weighted by molar-refractivity contribution is 6.34. The summed E-state index contributed by atoms with van der Waals surface area (Å²) in [5.74, 6) is -2.21. The minimum absolute atomic E-state index is 0.245.